The number of benzene rings is 2. The van der Waals surface area contributed by atoms with Gasteiger partial charge >= 0.3 is 5.97 Å². The van der Waals surface area contributed by atoms with E-state index in [1.54, 1.807) is 11.8 Å². The van der Waals surface area contributed by atoms with Crippen LogP contribution in [0.25, 0.3) is 0 Å². The van der Waals surface area contributed by atoms with E-state index >= 15 is 0 Å². The molecule has 0 radical (unpaired) electrons. The van der Waals surface area contributed by atoms with Crippen molar-refractivity contribution >= 4 is 11.9 Å². The van der Waals surface area contributed by atoms with E-state index in [0.29, 0.717) is 6.54 Å². The van der Waals surface area contributed by atoms with Gasteiger partial charge in [0.05, 0.1) is 24.5 Å². The third-order valence-corrected chi connectivity index (χ3v) is 5.34. The zero-order valence-corrected chi connectivity index (χ0v) is 17.5. The van der Waals surface area contributed by atoms with E-state index < -0.39 is 23.0 Å². The highest BCUT2D eigenvalue weighted by atomic mass is 16.6. The third-order valence-electron chi connectivity index (χ3n) is 5.34. The lowest BCUT2D eigenvalue weighted by Crippen LogP contribution is -2.52. The summed E-state index contributed by atoms with van der Waals surface area (Å²) in [5, 5.41) is 10.1. The van der Waals surface area contributed by atoms with Crippen molar-refractivity contribution in [1.82, 2.24) is 4.90 Å². The largest absolute Gasteiger partial charge is 0.460 e. The van der Waals surface area contributed by atoms with Crippen LogP contribution in [0.1, 0.15) is 56.8 Å². The van der Waals surface area contributed by atoms with E-state index in [0.717, 1.165) is 16.7 Å². The molecule has 1 aliphatic rings. The number of carbonyl (C=O) groups is 2. The number of carbonyl (C=O) groups excluding carboxylic acids is 2. The SMILES string of the molecule is CC(C)(C)OC(=O)C[C@@]1(C)C(=O)N([C@@H](CO)c2ccccc2)Cc2ccccc21. The van der Waals surface area contributed by atoms with Gasteiger partial charge in [-0.25, -0.2) is 0 Å². The standard InChI is InChI=1S/C24H29NO4/c1-23(2,3)29-21(27)14-24(4)19-13-9-8-12-18(19)15-25(22(24)28)20(16-26)17-10-6-5-7-11-17/h5-13,20,26H,14-16H2,1-4H3/t20-,24+/m0/s1. The minimum atomic E-state index is -1.06. The summed E-state index contributed by atoms with van der Waals surface area (Å²) in [7, 11) is 0. The minimum Gasteiger partial charge on any atom is -0.460 e. The highest BCUT2D eigenvalue weighted by Gasteiger charge is 2.47. The Labute approximate surface area is 172 Å². The zero-order chi connectivity index (χ0) is 21.2. The van der Waals surface area contributed by atoms with Crippen molar-refractivity contribution in [3.05, 3.63) is 71.3 Å². The molecule has 0 saturated heterocycles. The lowest BCUT2D eigenvalue weighted by molar-refractivity contribution is -0.160. The highest BCUT2D eigenvalue weighted by Crippen LogP contribution is 2.41. The molecule has 2 aromatic carbocycles. The second-order valence-electron chi connectivity index (χ2n) is 8.79. The van der Waals surface area contributed by atoms with Crippen LogP contribution < -0.4 is 0 Å². The lowest BCUT2D eigenvalue weighted by Gasteiger charge is -2.44. The fraction of sp³-hybridized carbons (Fsp3) is 0.417. The topological polar surface area (TPSA) is 66.8 Å². The van der Waals surface area contributed by atoms with E-state index in [-0.39, 0.29) is 18.9 Å². The lowest BCUT2D eigenvalue weighted by atomic mass is 9.73. The predicted octanol–water partition coefficient (Wildman–Crippen LogP) is 3.75. The molecule has 3 rings (SSSR count). The molecule has 154 valence electrons. The maximum absolute atomic E-state index is 13.7. The fourth-order valence-electron chi connectivity index (χ4n) is 4.03. The van der Waals surface area contributed by atoms with Crippen LogP contribution in [-0.2, 0) is 26.3 Å². The zero-order valence-electron chi connectivity index (χ0n) is 17.5. The normalized spacial score (nSPS) is 20.2. The molecule has 5 nitrogen and oxygen atoms in total. The van der Waals surface area contributed by atoms with Gasteiger partial charge in [-0.15, -0.1) is 0 Å². The van der Waals surface area contributed by atoms with Gasteiger partial charge in [-0.05, 0) is 44.4 Å². The smallest absolute Gasteiger partial charge is 0.307 e. The minimum absolute atomic E-state index is 0.0520. The molecule has 1 N–H and O–H groups in total. The summed E-state index contributed by atoms with van der Waals surface area (Å²) < 4.78 is 5.52. The van der Waals surface area contributed by atoms with Gasteiger partial charge in [0.2, 0.25) is 5.91 Å². The van der Waals surface area contributed by atoms with Gasteiger partial charge in [-0.2, -0.15) is 0 Å². The second kappa shape index (κ2) is 7.99. The van der Waals surface area contributed by atoms with Crippen molar-refractivity contribution < 1.29 is 19.4 Å². The number of rotatable bonds is 5. The Hall–Kier alpha value is -2.66. The summed E-state index contributed by atoms with van der Waals surface area (Å²) in [6.07, 6.45) is -0.0520. The van der Waals surface area contributed by atoms with Crippen molar-refractivity contribution in [2.45, 2.75) is 57.7 Å². The Morgan fingerprint density at radius 1 is 1.14 bits per heavy atom. The summed E-state index contributed by atoms with van der Waals surface area (Å²) >= 11 is 0. The predicted molar refractivity (Wildman–Crippen MR) is 111 cm³/mol. The summed E-state index contributed by atoms with van der Waals surface area (Å²) in [6.45, 7) is 7.43. The van der Waals surface area contributed by atoms with Gasteiger partial charge in [0.15, 0.2) is 0 Å². The Morgan fingerprint density at radius 3 is 2.38 bits per heavy atom. The summed E-state index contributed by atoms with van der Waals surface area (Å²) in [5.74, 6) is -0.588. The van der Waals surface area contributed by atoms with E-state index in [9.17, 15) is 14.7 Å². The first-order chi connectivity index (χ1) is 13.7. The number of esters is 1. The maximum Gasteiger partial charge on any atom is 0.307 e. The number of fused-ring (bicyclic) bond motifs is 1. The van der Waals surface area contributed by atoms with E-state index in [1.807, 2.05) is 75.4 Å². The average Bonchev–Trinajstić information content (AvgIpc) is 2.66. The van der Waals surface area contributed by atoms with Crippen LogP contribution in [-0.4, -0.2) is 34.1 Å². The van der Waals surface area contributed by atoms with Gasteiger partial charge in [0, 0.05) is 6.54 Å². The first kappa shape index (κ1) is 21.1. The van der Waals surface area contributed by atoms with Crippen molar-refractivity contribution in [3.8, 4) is 0 Å². The summed E-state index contributed by atoms with van der Waals surface area (Å²) in [6, 6.07) is 16.7. The van der Waals surface area contributed by atoms with Crippen LogP contribution in [0.15, 0.2) is 54.6 Å². The molecule has 2 atom stereocenters. The molecule has 0 unspecified atom stereocenters. The van der Waals surface area contributed by atoms with Crippen molar-refractivity contribution in [1.29, 1.82) is 0 Å². The van der Waals surface area contributed by atoms with Crippen LogP contribution in [0.4, 0.5) is 0 Å². The number of aliphatic hydroxyl groups is 1. The molecule has 0 aromatic heterocycles. The number of nitrogens with zero attached hydrogens (tertiary/aromatic N) is 1. The molecule has 1 aliphatic heterocycles. The first-order valence-electron chi connectivity index (χ1n) is 9.93. The Balaban J connectivity index is 2.01. The second-order valence-corrected chi connectivity index (χ2v) is 8.79. The molecule has 0 saturated carbocycles. The molecular formula is C24H29NO4. The van der Waals surface area contributed by atoms with Crippen molar-refractivity contribution in [2.75, 3.05) is 6.61 Å². The van der Waals surface area contributed by atoms with Gasteiger partial charge in [-0.1, -0.05) is 54.6 Å². The van der Waals surface area contributed by atoms with E-state index in [4.69, 9.17) is 4.74 Å². The van der Waals surface area contributed by atoms with Gasteiger partial charge < -0.3 is 14.7 Å². The molecule has 1 amide bonds. The van der Waals surface area contributed by atoms with E-state index in [1.165, 1.54) is 0 Å². The van der Waals surface area contributed by atoms with Crippen LogP contribution >= 0.6 is 0 Å². The molecule has 2 aromatic rings. The average molecular weight is 395 g/mol. The summed E-state index contributed by atoms with van der Waals surface area (Å²) in [4.78, 5) is 28.0. The molecule has 0 aliphatic carbocycles. The Bertz CT molecular complexity index is 887. The molecular weight excluding hydrogens is 366 g/mol. The third kappa shape index (κ3) is 4.35. The molecule has 5 heteroatoms. The summed E-state index contributed by atoms with van der Waals surface area (Å²) in [5.41, 5.74) is 1.01. The highest BCUT2D eigenvalue weighted by molar-refractivity contribution is 5.94. The Morgan fingerprint density at radius 2 is 1.76 bits per heavy atom. The Kier molecular flexibility index (Phi) is 5.80. The first-order valence-corrected chi connectivity index (χ1v) is 9.93. The van der Waals surface area contributed by atoms with Crippen LogP contribution in [0.2, 0.25) is 0 Å². The maximum atomic E-state index is 13.7. The van der Waals surface area contributed by atoms with Crippen LogP contribution in [0, 0.1) is 0 Å². The van der Waals surface area contributed by atoms with Gasteiger partial charge in [0.25, 0.3) is 0 Å². The number of hydrogen-bond acceptors (Lipinski definition) is 4. The van der Waals surface area contributed by atoms with Gasteiger partial charge in [-0.3, -0.25) is 9.59 Å². The monoisotopic (exact) mass is 395 g/mol. The fourth-order valence-corrected chi connectivity index (χ4v) is 4.03. The van der Waals surface area contributed by atoms with Gasteiger partial charge in [0.1, 0.15) is 5.60 Å². The molecule has 1 heterocycles. The quantitative estimate of drug-likeness (QED) is 0.783. The van der Waals surface area contributed by atoms with E-state index in [2.05, 4.69) is 0 Å². The van der Waals surface area contributed by atoms with Crippen LogP contribution in [0.3, 0.4) is 0 Å². The van der Waals surface area contributed by atoms with Crippen molar-refractivity contribution in [2.24, 2.45) is 0 Å². The molecule has 0 bridgehead atoms. The number of amides is 1. The molecule has 0 fully saturated rings. The number of aliphatic hydroxyl groups excluding tert-OH is 1. The molecule has 29 heavy (non-hydrogen) atoms. The molecule has 0 spiro atoms. The number of ether oxygens (including phenoxy) is 1. The van der Waals surface area contributed by atoms with Crippen molar-refractivity contribution in [3.63, 3.8) is 0 Å². The number of hydrogen-bond donors (Lipinski definition) is 1. The van der Waals surface area contributed by atoms with Crippen LogP contribution in [0.5, 0.6) is 0 Å².